The molecular formula is C13H10N4O. The van der Waals surface area contributed by atoms with Gasteiger partial charge in [-0.15, -0.1) is 0 Å². The van der Waals surface area contributed by atoms with E-state index in [2.05, 4.69) is 20.2 Å². The number of rotatable bonds is 2. The summed E-state index contributed by atoms with van der Waals surface area (Å²) in [7, 11) is 0. The van der Waals surface area contributed by atoms with Gasteiger partial charge >= 0.3 is 0 Å². The molecule has 0 radical (unpaired) electrons. The molecular weight excluding hydrogens is 228 g/mol. The fraction of sp³-hybridized carbons (Fsp3) is 0. The van der Waals surface area contributed by atoms with Crippen molar-refractivity contribution in [3.05, 3.63) is 59.0 Å². The lowest BCUT2D eigenvalue weighted by Gasteiger charge is -1.93. The maximum Gasteiger partial charge on any atom is 0.259 e. The van der Waals surface area contributed by atoms with Gasteiger partial charge in [0, 0.05) is 11.8 Å². The van der Waals surface area contributed by atoms with E-state index >= 15 is 0 Å². The molecule has 0 bridgehead atoms. The predicted octanol–water partition coefficient (Wildman–Crippen LogP) is 1.83. The summed E-state index contributed by atoms with van der Waals surface area (Å²) < 4.78 is 0. The van der Waals surface area contributed by atoms with E-state index < -0.39 is 0 Å². The molecule has 0 fully saturated rings. The second-order valence-corrected chi connectivity index (χ2v) is 3.79. The van der Waals surface area contributed by atoms with Crippen LogP contribution in [0.4, 0.5) is 0 Å². The Morgan fingerprint density at radius 2 is 1.83 bits per heavy atom. The molecule has 0 spiro atoms. The number of aromatic amines is 2. The molecule has 0 aliphatic heterocycles. The zero-order chi connectivity index (χ0) is 12.4. The predicted molar refractivity (Wildman–Crippen MR) is 67.9 cm³/mol. The molecule has 0 aliphatic rings. The lowest BCUT2D eigenvalue weighted by atomic mass is 10.2. The minimum Gasteiger partial charge on any atom is -0.328 e. The molecule has 3 rings (SSSR count). The lowest BCUT2D eigenvalue weighted by molar-refractivity contribution is 1.09. The van der Waals surface area contributed by atoms with Gasteiger partial charge in [0.2, 0.25) is 0 Å². The third-order valence-corrected chi connectivity index (χ3v) is 2.59. The Balaban J connectivity index is 2.06. The Bertz CT molecular complexity index is 715. The second-order valence-electron chi connectivity index (χ2n) is 3.79. The van der Waals surface area contributed by atoms with Gasteiger partial charge in [0.1, 0.15) is 0 Å². The molecule has 1 aromatic carbocycles. The molecule has 5 nitrogen and oxygen atoms in total. The van der Waals surface area contributed by atoms with E-state index in [1.165, 1.54) is 0 Å². The van der Waals surface area contributed by atoms with Crippen molar-refractivity contribution in [2.75, 3.05) is 0 Å². The minimum atomic E-state index is -0.187. The van der Waals surface area contributed by atoms with Crippen LogP contribution >= 0.6 is 0 Å². The van der Waals surface area contributed by atoms with Crippen LogP contribution in [0.2, 0.25) is 0 Å². The van der Waals surface area contributed by atoms with E-state index in [4.69, 9.17) is 0 Å². The summed E-state index contributed by atoms with van der Waals surface area (Å²) in [6.45, 7) is 0. The van der Waals surface area contributed by atoms with Gasteiger partial charge in [-0.1, -0.05) is 30.3 Å². The SMILES string of the molecule is O=c1[nH]cccc1-c1nc(-c2ccccc2)n[nH]1. The summed E-state index contributed by atoms with van der Waals surface area (Å²) in [5.41, 5.74) is 1.20. The van der Waals surface area contributed by atoms with Gasteiger partial charge in [-0.05, 0) is 12.1 Å². The largest absolute Gasteiger partial charge is 0.328 e. The van der Waals surface area contributed by atoms with Gasteiger partial charge in [0.05, 0.1) is 5.56 Å². The highest BCUT2D eigenvalue weighted by atomic mass is 16.1. The molecule has 0 aliphatic carbocycles. The topological polar surface area (TPSA) is 74.4 Å². The number of aromatic nitrogens is 4. The van der Waals surface area contributed by atoms with Crippen LogP contribution < -0.4 is 5.56 Å². The van der Waals surface area contributed by atoms with Gasteiger partial charge in [-0.3, -0.25) is 9.89 Å². The molecule has 18 heavy (non-hydrogen) atoms. The Morgan fingerprint density at radius 3 is 2.61 bits per heavy atom. The molecule has 0 atom stereocenters. The van der Waals surface area contributed by atoms with Gasteiger partial charge in [-0.2, -0.15) is 5.10 Å². The fourth-order valence-electron chi connectivity index (χ4n) is 1.71. The van der Waals surface area contributed by atoms with Crippen molar-refractivity contribution >= 4 is 0 Å². The third-order valence-electron chi connectivity index (χ3n) is 2.59. The van der Waals surface area contributed by atoms with Crippen LogP contribution in [0.15, 0.2) is 53.5 Å². The van der Waals surface area contributed by atoms with Crippen LogP contribution in [-0.4, -0.2) is 20.2 Å². The van der Waals surface area contributed by atoms with Crippen molar-refractivity contribution in [1.29, 1.82) is 0 Å². The normalized spacial score (nSPS) is 10.4. The Morgan fingerprint density at radius 1 is 1.00 bits per heavy atom. The second kappa shape index (κ2) is 4.29. The zero-order valence-electron chi connectivity index (χ0n) is 9.42. The highest BCUT2D eigenvalue weighted by Crippen LogP contribution is 2.16. The number of nitrogens with zero attached hydrogens (tertiary/aromatic N) is 2. The van der Waals surface area contributed by atoms with Crippen molar-refractivity contribution in [3.8, 4) is 22.8 Å². The number of nitrogens with one attached hydrogen (secondary N) is 2. The van der Waals surface area contributed by atoms with Crippen molar-refractivity contribution in [3.63, 3.8) is 0 Å². The monoisotopic (exact) mass is 238 g/mol. The molecule has 2 aromatic heterocycles. The van der Waals surface area contributed by atoms with Crippen LogP contribution in [0.5, 0.6) is 0 Å². The molecule has 88 valence electrons. The summed E-state index contributed by atoms with van der Waals surface area (Å²) in [5, 5.41) is 6.90. The zero-order valence-corrected chi connectivity index (χ0v) is 9.42. The van der Waals surface area contributed by atoms with E-state index in [9.17, 15) is 4.79 Å². The summed E-state index contributed by atoms with van der Waals surface area (Å²) in [5.74, 6) is 1.05. The number of hydrogen-bond acceptors (Lipinski definition) is 3. The summed E-state index contributed by atoms with van der Waals surface area (Å²) >= 11 is 0. The van der Waals surface area contributed by atoms with Crippen molar-refractivity contribution in [2.24, 2.45) is 0 Å². The standard InChI is InChI=1S/C13H10N4O/c18-13-10(7-4-8-14-13)12-15-11(16-17-12)9-5-2-1-3-6-9/h1-8H,(H,14,18)(H,15,16,17). The molecule has 2 heterocycles. The molecule has 0 amide bonds. The van der Waals surface area contributed by atoms with Crippen LogP contribution in [0.25, 0.3) is 22.8 Å². The molecule has 0 saturated carbocycles. The lowest BCUT2D eigenvalue weighted by Crippen LogP contribution is -2.07. The summed E-state index contributed by atoms with van der Waals surface area (Å²) in [6.07, 6.45) is 1.58. The van der Waals surface area contributed by atoms with Gasteiger partial charge in [0.25, 0.3) is 5.56 Å². The third kappa shape index (κ3) is 1.82. The first-order valence-corrected chi connectivity index (χ1v) is 5.50. The highest BCUT2D eigenvalue weighted by Gasteiger charge is 2.09. The maximum atomic E-state index is 11.6. The van der Waals surface area contributed by atoms with E-state index in [0.29, 0.717) is 17.2 Å². The van der Waals surface area contributed by atoms with Gasteiger partial charge < -0.3 is 4.98 Å². The van der Waals surface area contributed by atoms with E-state index in [1.54, 1.807) is 18.3 Å². The van der Waals surface area contributed by atoms with Crippen LogP contribution in [-0.2, 0) is 0 Å². The Labute approximate surface area is 103 Å². The average Bonchev–Trinajstić information content (AvgIpc) is 2.90. The Kier molecular flexibility index (Phi) is 2.49. The van der Waals surface area contributed by atoms with Crippen molar-refractivity contribution in [1.82, 2.24) is 20.2 Å². The molecule has 2 N–H and O–H groups in total. The van der Waals surface area contributed by atoms with Gasteiger partial charge in [-0.25, -0.2) is 4.98 Å². The smallest absolute Gasteiger partial charge is 0.259 e. The summed E-state index contributed by atoms with van der Waals surface area (Å²) in [6, 6.07) is 13.1. The van der Waals surface area contributed by atoms with Gasteiger partial charge in [0.15, 0.2) is 11.6 Å². The molecule has 0 unspecified atom stereocenters. The minimum absolute atomic E-state index is 0.187. The van der Waals surface area contributed by atoms with Crippen LogP contribution in [0, 0.1) is 0 Å². The first-order valence-electron chi connectivity index (χ1n) is 5.50. The average molecular weight is 238 g/mol. The first-order chi connectivity index (χ1) is 8.84. The van der Waals surface area contributed by atoms with E-state index in [0.717, 1.165) is 5.56 Å². The molecule has 0 saturated heterocycles. The first kappa shape index (κ1) is 10.5. The quantitative estimate of drug-likeness (QED) is 0.715. The fourth-order valence-corrected chi connectivity index (χ4v) is 1.71. The van der Waals surface area contributed by atoms with Crippen molar-refractivity contribution in [2.45, 2.75) is 0 Å². The van der Waals surface area contributed by atoms with Crippen LogP contribution in [0.3, 0.4) is 0 Å². The van der Waals surface area contributed by atoms with E-state index in [1.807, 2.05) is 30.3 Å². The van der Waals surface area contributed by atoms with E-state index in [-0.39, 0.29) is 5.56 Å². The van der Waals surface area contributed by atoms with Crippen molar-refractivity contribution < 1.29 is 0 Å². The maximum absolute atomic E-state index is 11.6. The number of pyridine rings is 1. The number of H-pyrrole nitrogens is 2. The Hall–Kier alpha value is -2.69. The molecule has 3 aromatic rings. The van der Waals surface area contributed by atoms with Crippen LogP contribution in [0.1, 0.15) is 0 Å². The highest BCUT2D eigenvalue weighted by molar-refractivity contribution is 5.60. The number of hydrogen-bond donors (Lipinski definition) is 2. The summed E-state index contributed by atoms with van der Waals surface area (Å²) in [4.78, 5) is 18.6. The molecule has 5 heteroatoms. The number of benzene rings is 1.